The summed E-state index contributed by atoms with van der Waals surface area (Å²) in [5.74, 6) is 0. The number of benzene rings is 1. The van der Waals surface area contributed by atoms with E-state index in [1.165, 1.54) is 11.1 Å². The van der Waals surface area contributed by atoms with Crippen LogP contribution in [0.5, 0.6) is 0 Å². The quantitative estimate of drug-likeness (QED) is 0.607. The van der Waals surface area contributed by atoms with Gasteiger partial charge in [-0.2, -0.15) is 0 Å². The van der Waals surface area contributed by atoms with E-state index in [0.29, 0.717) is 0 Å². The summed E-state index contributed by atoms with van der Waals surface area (Å²) in [5, 5.41) is 0. The lowest BCUT2D eigenvalue weighted by atomic mass is 10.0. The van der Waals surface area contributed by atoms with Crippen molar-refractivity contribution < 1.29 is 0 Å². The molecule has 0 amide bonds. The smallest absolute Gasteiger partial charge is 0.0238 e. The molecular formula is C16H18. The largest absolute Gasteiger partial charge is 0.0991 e. The van der Waals surface area contributed by atoms with Gasteiger partial charge < -0.3 is 0 Å². The van der Waals surface area contributed by atoms with Crippen molar-refractivity contribution >= 4 is 0 Å². The molecule has 1 rings (SSSR count). The van der Waals surface area contributed by atoms with Gasteiger partial charge in [0.1, 0.15) is 0 Å². The van der Waals surface area contributed by atoms with Crippen molar-refractivity contribution in [1.82, 2.24) is 0 Å². The molecule has 0 aromatic heterocycles. The molecule has 0 atom stereocenters. The van der Waals surface area contributed by atoms with Gasteiger partial charge in [0.15, 0.2) is 0 Å². The van der Waals surface area contributed by atoms with Gasteiger partial charge in [-0.1, -0.05) is 73.9 Å². The minimum Gasteiger partial charge on any atom is -0.0991 e. The maximum Gasteiger partial charge on any atom is -0.0238 e. The maximum atomic E-state index is 3.73. The average Bonchev–Trinajstić information content (AvgIpc) is 2.34. The Bertz CT molecular complexity index is 380. The van der Waals surface area contributed by atoms with Crippen molar-refractivity contribution in [2.75, 3.05) is 0 Å². The van der Waals surface area contributed by atoms with Crippen molar-refractivity contribution in [3.63, 3.8) is 0 Å². The molecule has 82 valence electrons. The minimum atomic E-state index is 1.03. The third-order valence-electron chi connectivity index (χ3n) is 2.32. The number of rotatable bonds is 6. The van der Waals surface area contributed by atoms with Crippen molar-refractivity contribution in [2.24, 2.45) is 0 Å². The summed E-state index contributed by atoms with van der Waals surface area (Å²) in [5.41, 5.74) is 2.64. The third-order valence-corrected chi connectivity index (χ3v) is 2.32. The highest BCUT2D eigenvalue weighted by atomic mass is 14.0. The summed E-state index contributed by atoms with van der Waals surface area (Å²) in [6, 6.07) is 10.5. The lowest BCUT2D eigenvalue weighted by Gasteiger charge is -2.02. The molecule has 0 heterocycles. The second-order valence-electron chi connectivity index (χ2n) is 3.56. The van der Waals surface area contributed by atoms with Gasteiger partial charge in [-0.3, -0.25) is 0 Å². The molecule has 0 spiro atoms. The first-order valence-electron chi connectivity index (χ1n) is 5.51. The molecule has 0 nitrogen and oxygen atoms in total. The highest BCUT2D eigenvalue weighted by Gasteiger charge is 1.94. The van der Waals surface area contributed by atoms with E-state index in [0.717, 1.165) is 12.8 Å². The summed E-state index contributed by atoms with van der Waals surface area (Å²) < 4.78 is 0. The molecule has 1 aromatic rings. The van der Waals surface area contributed by atoms with Gasteiger partial charge >= 0.3 is 0 Å². The summed E-state index contributed by atoms with van der Waals surface area (Å²) in [6.07, 6.45) is 11.8. The topological polar surface area (TPSA) is 0 Å². The Kier molecular flexibility index (Phi) is 5.72. The molecule has 0 saturated heterocycles. The molecule has 0 heteroatoms. The fourth-order valence-electron chi connectivity index (χ4n) is 1.50. The molecule has 1 aromatic carbocycles. The Labute approximate surface area is 98.3 Å². The number of hydrogen-bond acceptors (Lipinski definition) is 0. The zero-order valence-electron chi connectivity index (χ0n) is 9.60. The van der Waals surface area contributed by atoms with E-state index in [2.05, 4.69) is 43.5 Å². The summed E-state index contributed by atoms with van der Waals surface area (Å²) in [4.78, 5) is 0. The number of hydrogen-bond donors (Lipinski definition) is 0. The summed E-state index contributed by atoms with van der Waals surface area (Å²) in [6.45, 7) is 7.40. The Morgan fingerprint density at radius 3 is 2.44 bits per heavy atom. The molecule has 0 unspecified atom stereocenters. The van der Waals surface area contributed by atoms with Gasteiger partial charge in [-0.15, -0.1) is 0 Å². The zero-order valence-corrected chi connectivity index (χ0v) is 9.60. The van der Waals surface area contributed by atoms with E-state index >= 15 is 0 Å². The summed E-state index contributed by atoms with van der Waals surface area (Å²) in [7, 11) is 0. The van der Waals surface area contributed by atoms with E-state index in [9.17, 15) is 0 Å². The molecule has 0 aliphatic rings. The van der Waals surface area contributed by atoms with E-state index in [-0.39, 0.29) is 0 Å². The van der Waals surface area contributed by atoms with Crippen LogP contribution in [0.25, 0.3) is 0 Å². The highest BCUT2D eigenvalue weighted by Crippen LogP contribution is 2.10. The fraction of sp³-hybridized carbons (Fsp3) is 0.125. The van der Waals surface area contributed by atoms with E-state index in [1.807, 2.05) is 24.3 Å². The van der Waals surface area contributed by atoms with Crippen molar-refractivity contribution in [1.29, 1.82) is 0 Å². The van der Waals surface area contributed by atoms with E-state index in [1.54, 1.807) is 6.08 Å². The van der Waals surface area contributed by atoms with Crippen molar-refractivity contribution in [3.8, 4) is 0 Å². The van der Waals surface area contributed by atoms with Crippen LogP contribution in [0.3, 0.4) is 0 Å². The molecule has 16 heavy (non-hydrogen) atoms. The average molecular weight is 210 g/mol. The standard InChI is InChI=1S/C16H18/c1-3-5-10-15(9-4-2)13-14-16-11-7-6-8-12-16/h3-12H,1-2,13-14H2/b10-5-,15-9+. The van der Waals surface area contributed by atoms with Gasteiger partial charge in [0.2, 0.25) is 0 Å². The highest BCUT2D eigenvalue weighted by molar-refractivity contribution is 5.27. The van der Waals surface area contributed by atoms with Crippen LogP contribution in [0.2, 0.25) is 0 Å². The predicted molar refractivity (Wildman–Crippen MR) is 72.4 cm³/mol. The fourth-order valence-corrected chi connectivity index (χ4v) is 1.50. The molecule has 0 radical (unpaired) electrons. The van der Waals surface area contributed by atoms with Crippen LogP contribution >= 0.6 is 0 Å². The first-order valence-corrected chi connectivity index (χ1v) is 5.51. The second-order valence-corrected chi connectivity index (χ2v) is 3.56. The maximum absolute atomic E-state index is 3.73. The Morgan fingerprint density at radius 2 is 1.81 bits per heavy atom. The second kappa shape index (κ2) is 7.47. The molecular weight excluding hydrogens is 192 g/mol. The van der Waals surface area contributed by atoms with Crippen LogP contribution in [0.4, 0.5) is 0 Å². The van der Waals surface area contributed by atoms with E-state index < -0.39 is 0 Å². The first kappa shape index (κ1) is 12.3. The molecule has 0 aliphatic heterocycles. The lowest BCUT2D eigenvalue weighted by molar-refractivity contribution is 0.965. The van der Waals surface area contributed by atoms with Gasteiger partial charge in [0.05, 0.1) is 0 Å². The molecule has 0 saturated carbocycles. The molecule has 0 fully saturated rings. The number of aryl methyl sites for hydroxylation is 1. The van der Waals surface area contributed by atoms with Crippen LogP contribution in [-0.2, 0) is 6.42 Å². The van der Waals surface area contributed by atoms with Gasteiger partial charge in [-0.25, -0.2) is 0 Å². The van der Waals surface area contributed by atoms with Crippen LogP contribution < -0.4 is 0 Å². The van der Waals surface area contributed by atoms with Crippen molar-refractivity contribution in [2.45, 2.75) is 12.8 Å². The minimum absolute atomic E-state index is 1.03. The Morgan fingerprint density at radius 1 is 1.06 bits per heavy atom. The molecule has 0 bridgehead atoms. The lowest BCUT2D eigenvalue weighted by Crippen LogP contribution is -1.86. The van der Waals surface area contributed by atoms with Crippen LogP contribution in [0.15, 0.2) is 79.4 Å². The first-order chi connectivity index (χ1) is 7.86. The van der Waals surface area contributed by atoms with Gasteiger partial charge in [-0.05, 0) is 24.0 Å². The predicted octanol–water partition coefficient (Wildman–Crippen LogP) is 4.47. The van der Waals surface area contributed by atoms with Crippen LogP contribution in [-0.4, -0.2) is 0 Å². The summed E-state index contributed by atoms with van der Waals surface area (Å²) >= 11 is 0. The van der Waals surface area contributed by atoms with E-state index in [4.69, 9.17) is 0 Å². The van der Waals surface area contributed by atoms with Gasteiger partial charge in [0.25, 0.3) is 0 Å². The van der Waals surface area contributed by atoms with Crippen molar-refractivity contribution in [3.05, 3.63) is 85.0 Å². The van der Waals surface area contributed by atoms with Crippen LogP contribution in [0.1, 0.15) is 12.0 Å². The Hall–Kier alpha value is -1.82. The zero-order chi connectivity index (χ0) is 11.6. The van der Waals surface area contributed by atoms with Gasteiger partial charge in [0, 0.05) is 0 Å². The molecule has 0 aliphatic carbocycles. The normalized spacial score (nSPS) is 11.6. The third kappa shape index (κ3) is 4.61. The van der Waals surface area contributed by atoms with Crippen LogP contribution in [0, 0.1) is 0 Å². The number of allylic oxidation sites excluding steroid dienone is 6. The SMILES string of the molecule is C=C/C=C\C(=C/C=C)CCc1ccccc1. The monoisotopic (exact) mass is 210 g/mol. The molecule has 0 N–H and O–H groups in total. The Balaban J connectivity index is 2.57.